The van der Waals surface area contributed by atoms with E-state index in [1.165, 1.54) is 0 Å². The second-order valence-electron chi connectivity index (χ2n) is 9.66. The Hall–Kier alpha value is -2.21. The van der Waals surface area contributed by atoms with Crippen molar-refractivity contribution < 1.29 is 14.4 Å². The van der Waals surface area contributed by atoms with Crippen molar-refractivity contribution >= 4 is 17.6 Å². The number of hydrogen-bond acceptors (Lipinski definition) is 4. The van der Waals surface area contributed by atoms with Crippen molar-refractivity contribution in [3.05, 3.63) is 35.9 Å². The summed E-state index contributed by atoms with van der Waals surface area (Å²) in [5.41, 5.74) is 1.00. The molecule has 1 fully saturated rings. The summed E-state index contributed by atoms with van der Waals surface area (Å²) in [4.78, 5) is 41.7. The van der Waals surface area contributed by atoms with Crippen molar-refractivity contribution in [1.29, 1.82) is 0 Å². The molecule has 0 aliphatic carbocycles. The predicted octanol–water partition coefficient (Wildman–Crippen LogP) is 3.45. The SMILES string of the molecule is CC[C@H](C)[C@H](C)C(=O)N[C@@H](Cc1ccccc1)C(=O)C[C@H](C(=O)N1CCNCC1)[C@@H](C)CC. The summed E-state index contributed by atoms with van der Waals surface area (Å²) in [5.74, 6) is -0.277. The van der Waals surface area contributed by atoms with Gasteiger partial charge in [0.15, 0.2) is 5.78 Å². The molecule has 1 saturated heterocycles. The lowest BCUT2D eigenvalue weighted by atomic mass is 9.83. The third-order valence-electron chi connectivity index (χ3n) is 7.40. The number of benzene rings is 1. The third kappa shape index (κ3) is 7.95. The minimum atomic E-state index is -0.631. The smallest absolute Gasteiger partial charge is 0.226 e. The molecule has 0 saturated carbocycles. The van der Waals surface area contributed by atoms with Crippen molar-refractivity contribution in [2.75, 3.05) is 26.2 Å². The summed E-state index contributed by atoms with van der Waals surface area (Å²) < 4.78 is 0. The van der Waals surface area contributed by atoms with Crippen molar-refractivity contribution in [2.45, 2.75) is 66.3 Å². The average Bonchev–Trinajstić information content (AvgIpc) is 2.85. The molecule has 1 aliphatic rings. The lowest BCUT2D eigenvalue weighted by molar-refractivity contribution is -0.141. The number of rotatable bonds is 12. The fourth-order valence-electron chi connectivity index (χ4n) is 4.31. The molecular formula is C27H43N3O3. The number of carbonyl (C=O) groups excluding carboxylic acids is 3. The average molecular weight is 458 g/mol. The van der Waals surface area contributed by atoms with Crippen molar-refractivity contribution in [2.24, 2.45) is 23.7 Å². The molecule has 0 spiro atoms. The van der Waals surface area contributed by atoms with Gasteiger partial charge in [0, 0.05) is 44.4 Å². The first kappa shape index (κ1) is 27.0. The van der Waals surface area contributed by atoms with E-state index in [1.54, 1.807) is 0 Å². The molecule has 0 aromatic heterocycles. The van der Waals surface area contributed by atoms with Crippen molar-refractivity contribution in [3.63, 3.8) is 0 Å². The van der Waals surface area contributed by atoms with Crippen LogP contribution in [0.15, 0.2) is 30.3 Å². The van der Waals surface area contributed by atoms with Crippen LogP contribution in [0.4, 0.5) is 0 Å². The predicted molar refractivity (Wildman–Crippen MR) is 133 cm³/mol. The largest absolute Gasteiger partial charge is 0.346 e. The lowest BCUT2D eigenvalue weighted by Gasteiger charge is -2.33. The van der Waals surface area contributed by atoms with Crippen LogP contribution in [0.5, 0.6) is 0 Å². The molecule has 2 amide bonds. The maximum Gasteiger partial charge on any atom is 0.226 e. The second kappa shape index (κ2) is 13.5. The van der Waals surface area contributed by atoms with Gasteiger partial charge in [-0.25, -0.2) is 0 Å². The van der Waals surface area contributed by atoms with E-state index >= 15 is 0 Å². The van der Waals surface area contributed by atoms with Gasteiger partial charge in [-0.05, 0) is 23.8 Å². The van der Waals surface area contributed by atoms with Gasteiger partial charge in [0.05, 0.1) is 6.04 Å². The standard InChI is InChI=1S/C27H43N3O3/c1-6-19(3)21(5)26(32)29-24(17-22-11-9-8-10-12-22)25(31)18-23(20(4)7-2)27(33)30-15-13-28-14-16-30/h8-12,19-21,23-24,28H,6-7,13-18H2,1-5H3,(H,29,32)/t19-,20-,21-,23-,24-/m0/s1. The van der Waals surface area contributed by atoms with Gasteiger partial charge in [-0.1, -0.05) is 77.8 Å². The molecule has 2 N–H and O–H groups in total. The van der Waals surface area contributed by atoms with Gasteiger partial charge < -0.3 is 15.5 Å². The van der Waals surface area contributed by atoms with Crippen LogP contribution in [0.3, 0.4) is 0 Å². The van der Waals surface area contributed by atoms with E-state index in [1.807, 2.05) is 49.1 Å². The normalized spacial score (nSPS) is 18.6. The molecule has 1 heterocycles. The molecule has 6 nitrogen and oxygen atoms in total. The molecule has 6 heteroatoms. The highest BCUT2D eigenvalue weighted by Crippen LogP contribution is 2.24. The van der Waals surface area contributed by atoms with E-state index in [0.717, 1.165) is 31.5 Å². The zero-order chi connectivity index (χ0) is 24.4. The first-order chi connectivity index (χ1) is 15.8. The highest BCUT2D eigenvalue weighted by atomic mass is 16.2. The van der Waals surface area contributed by atoms with Gasteiger partial charge in [-0.3, -0.25) is 14.4 Å². The summed E-state index contributed by atoms with van der Waals surface area (Å²) >= 11 is 0. The van der Waals surface area contributed by atoms with Crippen LogP contribution in [0, 0.1) is 23.7 Å². The molecule has 0 bridgehead atoms. The van der Waals surface area contributed by atoms with Crippen molar-refractivity contribution in [3.8, 4) is 0 Å². The van der Waals surface area contributed by atoms with Crippen LogP contribution in [0.1, 0.15) is 59.4 Å². The molecular weight excluding hydrogens is 414 g/mol. The van der Waals surface area contributed by atoms with Gasteiger partial charge in [0.2, 0.25) is 11.8 Å². The summed E-state index contributed by atoms with van der Waals surface area (Å²) in [6.45, 7) is 13.1. The molecule has 1 aromatic rings. The summed E-state index contributed by atoms with van der Waals surface area (Å²) in [7, 11) is 0. The molecule has 2 rings (SSSR count). The first-order valence-electron chi connectivity index (χ1n) is 12.6. The van der Waals surface area contributed by atoms with Crippen LogP contribution in [0.25, 0.3) is 0 Å². The van der Waals surface area contributed by atoms with E-state index in [9.17, 15) is 14.4 Å². The van der Waals surface area contributed by atoms with E-state index in [-0.39, 0.29) is 47.7 Å². The second-order valence-corrected chi connectivity index (χ2v) is 9.66. The maximum absolute atomic E-state index is 13.6. The monoisotopic (exact) mass is 457 g/mol. The quantitative estimate of drug-likeness (QED) is 0.504. The summed E-state index contributed by atoms with van der Waals surface area (Å²) in [6, 6.07) is 9.14. The van der Waals surface area contributed by atoms with Crippen LogP contribution in [-0.4, -0.2) is 54.7 Å². The van der Waals surface area contributed by atoms with Gasteiger partial charge >= 0.3 is 0 Å². The minimum Gasteiger partial charge on any atom is -0.346 e. The molecule has 5 atom stereocenters. The molecule has 0 unspecified atom stereocenters. The minimum absolute atomic E-state index is 0.0580. The zero-order valence-electron chi connectivity index (χ0n) is 21.1. The van der Waals surface area contributed by atoms with Crippen molar-refractivity contribution in [1.82, 2.24) is 15.5 Å². The Morgan fingerprint density at radius 3 is 2.15 bits per heavy atom. The number of carbonyl (C=O) groups is 3. The molecule has 184 valence electrons. The Labute approximate surface area is 199 Å². The maximum atomic E-state index is 13.6. The third-order valence-corrected chi connectivity index (χ3v) is 7.40. The molecule has 1 aromatic carbocycles. The van der Waals surface area contributed by atoms with Crippen LogP contribution >= 0.6 is 0 Å². The topological polar surface area (TPSA) is 78.5 Å². The first-order valence-corrected chi connectivity index (χ1v) is 12.6. The number of piperazine rings is 1. The Bertz CT molecular complexity index is 761. The number of ketones is 1. The number of amides is 2. The molecule has 33 heavy (non-hydrogen) atoms. The number of nitrogens with one attached hydrogen (secondary N) is 2. The van der Waals surface area contributed by atoms with E-state index in [4.69, 9.17) is 0 Å². The Morgan fingerprint density at radius 1 is 0.970 bits per heavy atom. The fourth-order valence-corrected chi connectivity index (χ4v) is 4.31. The Morgan fingerprint density at radius 2 is 1.58 bits per heavy atom. The van der Waals surface area contributed by atoms with E-state index in [0.29, 0.717) is 19.5 Å². The highest BCUT2D eigenvalue weighted by Gasteiger charge is 2.34. The lowest BCUT2D eigenvalue weighted by Crippen LogP contribution is -2.51. The van der Waals surface area contributed by atoms with Gasteiger partial charge in [0.1, 0.15) is 0 Å². The van der Waals surface area contributed by atoms with Gasteiger partial charge in [-0.2, -0.15) is 0 Å². The summed E-state index contributed by atoms with van der Waals surface area (Å²) in [5, 5.41) is 6.31. The molecule has 1 aliphatic heterocycles. The Kier molecular flexibility index (Phi) is 11.0. The highest BCUT2D eigenvalue weighted by molar-refractivity contribution is 5.93. The number of nitrogens with zero attached hydrogens (tertiary/aromatic N) is 1. The summed E-state index contributed by atoms with van der Waals surface area (Å²) in [6.07, 6.45) is 2.33. The van der Waals surface area contributed by atoms with E-state index < -0.39 is 6.04 Å². The van der Waals surface area contributed by atoms with Crippen LogP contribution in [-0.2, 0) is 20.8 Å². The Balaban J connectivity index is 2.20. The van der Waals surface area contributed by atoms with Gasteiger partial charge in [0.25, 0.3) is 0 Å². The van der Waals surface area contributed by atoms with E-state index in [2.05, 4.69) is 31.4 Å². The molecule has 0 radical (unpaired) electrons. The van der Waals surface area contributed by atoms with Crippen LogP contribution < -0.4 is 10.6 Å². The zero-order valence-corrected chi connectivity index (χ0v) is 21.1. The number of hydrogen-bond donors (Lipinski definition) is 2. The number of Topliss-reactive ketones (excluding diaryl/α,β-unsaturated/α-hetero) is 1. The van der Waals surface area contributed by atoms with Crippen LogP contribution in [0.2, 0.25) is 0 Å². The van der Waals surface area contributed by atoms with Gasteiger partial charge in [-0.15, -0.1) is 0 Å². The fraction of sp³-hybridized carbons (Fsp3) is 0.667.